The molecular formula is C19H24N2O2S. The van der Waals surface area contributed by atoms with E-state index in [4.69, 9.17) is 0 Å². The predicted molar refractivity (Wildman–Crippen MR) is 98.3 cm³/mol. The molecule has 1 saturated heterocycles. The fourth-order valence-electron chi connectivity index (χ4n) is 3.08. The third-order valence-corrected chi connectivity index (χ3v) is 6.38. The largest absolute Gasteiger partial charge is 0.304 e. The monoisotopic (exact) mass is 344 g/mol. The average molecular weight is 344 g/mol. The zero-order valence-corrected chi connectivity index (χ0v) is 14.7. The minimum atomic E-state index is -3.48. The number of hydrogen-bond donors (Lipinski definition) is 0. The Hall–Kier alpha value is -1.85. The highest BCUT2D eigenvalue weighted by atomic mass is 32.2. The van der Waals surface area contributed by atoms with Crippen LogP contribution in [0.1, 0.15) is 24.8 Å². The maximum absolute atomic E-state index is 13.2. The van der Waals surface area contributed by atoms with Crippen LogP contribution < -0.4 is 4.31 Å². The second-order valence-corrected chi connectivity index (χ2v) is 7.96. The lowest BCUT2D eigenvalue weighted by molar-refractivity contribution is 0.345. The first kappa shape index (κ1) is 17.0. The summed E-state index contributed by atoms with van der Waals surface area (Å²) >= 11 is 0. The highest BCUT2D eigenvalue weighted by Gasteiger charge is 2.30. The molecule has 0 N–H and O–H groups in total. The second-order valence-electron chi connectivity index (χ2n) is 6.11. The van der Waals surface area contributed by atoms with Crippen molar-refractivity contribution in [3.63, 3.8) is 0 Å². The standard InChI is InChI=1S/C19H24N2O2S/c22-24(23,20-15-8-3-9-16-20)21(19-12-6-2-7-13-19)17-14-18-10-4-1-5-11-18/h1-2,4-7,10-13H,3,8-9,14-17H2. The summed E-state index contributed by atoms with van der Waals surface area (Å²) in [6.45, 7) is 1.70. The van der Waals surface area contributed by atoms with Crippen LogP contribution in [0.15, 0.2) is 60.7 Å². The highest BCUT2D eigenvalue weighted by molar-refractivity contribution is 7.90. The van der Waals surface area contributed by atoms with Gasteiger partial charge in [0.2, 0.25) is 0 Å². The van der Waals surface area contributed by atoms with E-state index in [1.807, 2.05) is 60.7 Å². The summed E-state index contributed by atoms with van der Waals surface area (Å²) in [5.74, 6) is 0. The minimum Gasteiger partial charge on any atom is -0.257 e. The summed E-state index contributed by atoms with van der Waals surface area (Å²) in [5.41, 5.74) is 1.88. The zero-order valence-electron chi connectivity index (χ0n) is 13.8. The third kappa shape index (κ3) is 3.97. The van der Waals surface area contributed by atoms with Crippen LogP contribution in [-0.2, 0) is 16.6 Å². The Morgan fingerprint density at radius 2 is 1.42 bits per heavy atom. The molecule has 0 amide bonds. The third-order valence-electron chi connectivity index (χ3n) is 4.41. The molecule has 24 heavy (non-hydrogen) atoms. The Morgan fingerprint density at radius 1 is 0.833 bits per heavy atom. The molecular weight excluding hydrogens is 320 g/mol. The van der Waals surface area contributed by atoms with E-state index in [-0.39, 0.29) is 0 Å². The number of nitrogens with zero attached hydrogens (tertiary/aromatic N) is 2. The molecule has 128 valence electrons. The van der Waals surface area contributed by atoms with Gasteiger partial charge in [0.15, 0.2) is 0 Å². The van der Waals surface area contributed by atoms with E-state index in [1.165, 1.54) is 0 Å². The Balaban J connectivity index is 1.84. The quantitative estimate of drug-likeness (QED) is 0.805. The summed E-state index contributed by atoms with van der Waals surface area (Å²) in [6.07, 6.45) is 3.70. The van der Waals surface area contributed by atoms with Gasteiger partial charge in [-0.05, 0) is 37.0 Å². The molecule has 0 bridgehead atoms. The lowest BCUT2D eigenvalue weighted by atomic mass is 10.1. The summed E-state index contributed by atoms with van der Waals surface area (Å²) in [4.78, 5) is 0. The maximum Gasteiger partial charge on any atom is 0.304 e. The maximum atomic E-state index is 13.2. The molecule has 1 aliphatic heterocycles. The van der Waals surface area contributed by atoms with Gasteiger partial charge in [0.25, 0.3) is 0 Å². The van der Waals surface area contributed by atoms with Gasteiger partial charge < -0.3 is 0 Å². The zero-order chi connectivity index (χ0) is 16.8. The van der Waals surface area contributed by atoms with Crippen molar-refractivity contribution >= 4 is 15.9 Å². The SMILES string of the molecule is O=S(=O)(N1CCCCC1)N(CCc1ccccc1)c1ccccc1. The van der Waals surface area contributed by atoms with Crippen molar-refractivity contribution in [2.24, 2.45) is 0 Å². The van der Waals surface area contributed by atoms with Crippen molar-refractivity contribution in [2.45, 2.75) is 25.7 Å². The van der Waals surface area contributed by atoms with Gasteiger partial charge in [-0.25, -0.2) is 0 Å². The molecule has 0 aromatic heterocycles. The Bertz CT molecular complexity index is 726. The first-order valence-electron chi connectivity index (χ1n) is 8.55. The molecule has 1 heterocycles. The van der Waals surface area contributed by atoms with Gasteiger partial charge >= 0.3 is 10.2 Å². The van der Waals surface area contributed by atoms with Crippen LogP contribution in [0.3, 0.4) is 0 Å². The fraction of sp³-hybridized carbons (Fsp3) is 0.368. The van der Waals surface area contributed by atoms with Crippen LogP contribution in [0, 0.1) is 0 Å². The highest BCUT2D eigenvalue weighted by Crippen LogP contribution is 2.23. The van der Waals surface area contributed by atoms with E-state index >= 15 is 0 Å². The number of benzene rings is 2. The lowest BCUT2D eigenvalue weighted by Gasteiger charge is -2.33. The van der Waals surface area contributed by atoms with Crippen molar-refractivity contribution in [2.75, 3.05) is 23.9 Å². The minimum absolute atomic E-state index is 0.451. The van der Waals surface area contributed by atoms with Crippen molar-refractivity contribution in [3.05, 3.63) is 66.2 Å². The molecule has 0 saturated carbocycles. The van der Waals surface area contributed by atoms with Crippen molar-refractivity contribution in [1.82, 2.24) is 4.31 Å². The van der Waals surface area contributed by atoms with Gasteiger partial charge in [-0.15, -0.1) is 0 Å². The molecule has 2 aromatic carbocycles. The molecule has 0 unspecified atom stereocenters. The number of rotatable bonds is 6. The normalized spacial score (nSPS) is 16.0. The number of hydrogen-bond acceptors (Lipinski definition) is 2. The molecule has 2 aromatic rings. The predicted octanol–water partition coefficient (Wildman–Crippen LogP) is 3.47. The molecule has 0 atom stereocenters. The summed E-state index contributed by atoms with van der Waals surface area (Å²) in [5, 5.41) is 0. The van der Waals surface area contributed by atoms with Gasteiger partial charge in [0, 0.05) is 19.6 Å². The molecule has 0 spiro atoms. The van der Waals surface area contributed by atoms with Gasteiger partial charge in [0.1, 0.15) is 0 Å². The average Bonchev–Trinajstić information content (AvgIpc) is 2.64. The van der Waals surface area contributed by atoms with Crippen LogP contribution >= 0.6 is 0 Å². The van der Waals surface area contributed by atoms with Gasteiger partial charge in [-0.3, -0.25) is 4.31 Å². The van der Waals surface area contributed by atoms with Gasteiger partial charge in [-0.2, -0.15) is 12.7 Å². The van der Waals surface area contributed by atoms with E-state index in [9.17, 15) is 8.42 Å². The van der Waals surface area contributed by atoms with Gasteiger partial charge in [0.05, 0.1) is 5.69 Å². The van der Waals surface area contributed by atoms with E-state index in [2.05, 4.69) is 0 Å². The number of piperidine rings is 1. The fourth-order valence-corrected chi connectivity index (χ4v) is 4.79. The Labute approximate surface area is 144 Å². The topological polar surface area (TPSA) is 40.6 Å². The molecule has 1 aliphatic rings. The summed E-state index contributed by atoms with van der Waals surface area (Å²) < 4.78 is 29.5. The van der Waals surface area contributed by atoms with Gasteiger partial charge in [-0.1, -0.05) is 55.0 Å². The van der Waals surface area contributed by atoms with E-state index < -0.39 is 10.2 Å². The van der Waals surface area contributed by atoms with E-state index in [0.29, 0.717) is 26.1 Å². The Kier molecular flexibility index (Phi) is 5.53. The molecule has 3 rings (SSSR count). The number of anilines is 1. The van der Waals surface area contributed by atoms with Crippen molar-refractivity contribution in [1.29, 1.82) is 0 Å². The molecule has 0 aliphatic carbocycles. The molecule has 5 heteroatoms. The summed E-state index contributed by atoms with van der Waals surface area (Å²) in [7, 11) is -3.48. The van der Waals surface area contributed by atoms with E-state index in [1.54, 1.807) is 8.61 Å². The van der Waals surface area contributed by atoms with Crippen LogP contribution in [0.5, 0.6) is 0 Å². The van der Waals surface area contributed by atoms with Crippen LogP contribution in [0.2, 0.25) is 0 Å². The first-order chi connectivity index (χ1) is 11.7. The lowest BCUT2D eigenvalue weighted by Crippen LogP contribution is -2.46. The van der Waals surface area contributed by atoms with Crippen molar-refractivity contribution in [3.8, 4) is 0 Å². The molecule has 0 radical (unpaired) electrons. The van der Waals surface area contributed by atoms with Crippen LogP contribution in [0.4, 0.5) is 5.69 Å². The molecule has 4 nitrogen and oxygen atoms in total. The Morgan fingerprint density at radius 3 is 2.04 bits per heavy atom. The van der Waals surface area contributed by atoms with E-state index in [0.717, 1.165) is 30.5 Å². The second kappa shape index (κ2) is 7.81. The smallest absolute Gasteiger partial charge is 0.257 e. The molecule has 1 fully saturated rings. The summed E-state index contributed by atoms with van der Waals surface area (Å²) in [6, 6.07) is 19.4. The van der Waals surface area contributed by atoms with Crippen molar-refractivity contribution < 1.29 is 8.42 Å². The van der Waals surface area contributed by atoms with Crippen LogP contribution in [0.25, 0.3) is 0 Å². The number of para-hydroxylation sites is 1. The van der Waals surface area contributed by atoms with Crippen LogP contribution in [-0.4, -0.2) is 32.4 Å². The first-order valence-corrected chi connectivity index (χ1v) is 9.94.